The summed E-state index contributed by atoms with van der Waals surface area (Å²) in [7, 11) is 1.52. The Balaban J connectivity index is 1.91. The SMILES string of the molecule is COc1ccc(F)cc1C(C)Oc1cc(-c2ccnn2CCO)cnc1N. The first-order valence-electron chi connectivity index (χ1n) is 8.42. The fourth-order valence-corrected chi connectivity index (χ4v) is 2.82. The number of nitrogens with zero attached hydrogens (tertiary/aromatic N) is 3. The summed E-state index contributed by atoms with van der Waals surface area (Å²) in [5.74, 6) is 0.721. The minimum absolute atomic E-state index is 0.0309. The number of aliphatic hydroxyl groups excluding tert-OH is 1. The molecule has 1 atom stereocenters. The van der Waals surface area contributed by atoms with Gasteiger partial charge in [-0.25, -0.2) is 9.37 Å². The summed E-state index contributed by atoms with van der Waals surface area (Å²) in [5, 5.41) is 13.3. The average molecular weight is 372 g/mol. The number of nitrogen functional groups attached to an aromatic ring is 1. The summed E-state index contributed by atoms with van der Waals surface area (Å²) < 4.78 is 26.6. The lowest BCUT2D eigenvalue weighted by Crippen LogP contribution is -2.09. The van der Waals surface area contributed by atoms with Gasteiger partial charge in [0.05, 0.1) is 26.0 Å². The quantitative estimate of drug-likeness (QED) is 0.662. The van der Waals surface area contributed by atoms with Crippen molar-refractivity contribution >= 4 is 5.82 Å². The lowest BCUT2D eigenvalue weighted by atomic mass is 10.1. The summed E-state index contributed by atoms with van der Waals surface area (Å²) in [6.07, 6.45) is 2.74. The van der Waals surface area contributed by atoms with Crippen molar-refractivity contribution in [2.45, 2.75) is 19.6 Å². The first-order chi connectivity index (χ1) is 13.0. The number of aromatic nitrogens is 3. The molecule has 0 bridgehead atoms. The molecule has 3 N–H and O–H groups in total. The molecule has 1 unspecified atom stereocenters. The van der Waals surface area contributed by atoms with Crippen LogP contribution in [0.1, 0.15) is 18.6 Å². The van der Waals surface area contributed by atoms with Crippen LogP contribution < -0.4 is 15.2 Å². The number of hydrogen-bond donors (Lipinski definition) is 2. The summed E-state index contributed by atoms with van der Waals surface area (Å²) in [4.78, 5) is 4.19. The van der Waals surface area contributed by atoms with Gasteiger partial charge in [0, 0.05) is 23.5 Å². The van der Waals surface area contributed by atoms with Crippen molar-refractivity contribution in [1.29, 1.82) is 0 Å². The molecule has 7 nitrogen and oxygen atoms in total. The Bertz CT molecular complexity index is 929. The fraction of sp³-hybridized carbons (Fsp3) is 0.263. The number of halogens is 1. The molecule has 2 aromatic heterocycles. The predicted octanol–water partition coefficient (Wildman–Crippen LogP) is 2.81. The first kappa shape index (κ1) is 18.7. The van der Waals surface area contributed by atoms with Crippen LogP contribution in [0.5, 0.6) is 11.5 Å². The smallest absolute Gasteiger partial charge is 0.166 e. The van der Waals surface area contributed by atoms with Gasteiger partial charge in [0.25, 0.3) is 0 Å². The minimum atomic E-state index is -0.516. The summed E-state index contributed by atoms with van der Waals surface area (Å²) in [5.41, 5.74) is 8.04. The highest BCUT2D eigenvalue weighted by molar-refractivity contribution is 5.64. The second kappa shape index (κ2) is 8.05. The molecule has 3 rings (SSSR count). The summed E-state index contributed by atoms with van der Waals surface area (Å²) in [6.45, 7) is 2.11. The Labute approximate surface area is 156 Å². The summed E-state index contributed by atoms with van der Waals surface area (Å²) in [6, 6.07) is 7.80. The van der Waals surface area contributed by atoms with Crippen molar-refractivity contribution in [2.24, 2.45) is 0 Å². The molecule has 0 aliphatic heterocycles. The van der Waals surface area contributed by atoms with E-state index in [4.69, 9.17) is 20.3 Å². The minimum Gasteiger partial charge on any atom is -0.496 e. The second-order valence-electron chi connectivity index (χ2n) is 5.92. The Morgan fingerprint density at radius 2 is 2.07 bits per heavy atom. The van der Waals surface area contributed by atoms with Gasteiger partial charge in [-0.3, -0.25) is 4.68 Å². The normalized spacial score (nSPS) is 12.0. The van der Waals surface area contributed by atoms with E-state index in [0.29, 0.717) is 23.6 Å². The topological polar surface area (TPSA) is 95.4 Å². The molecular weight excluding hydrogens is 351 g/mol. The van der Waals surface area contributed by atoms with Gasteiger partial charge in [-0.05, 0) is 37.3 Å². The van der Waals surface area contributed by atoms with Crippen molar-refractivity contribution in [3.63, 3.8) is 0 Å². The standard InChI is InChI=1S/C19H21FN4O3/c1-12(15-10-14(20)3-4-17(15)26-2)27-18-9-13(11-22-19(18)21)16-5-6-23-24(16)7-8-25/h3-6,9-12,25H,7-8H2,1-2H3,(H2,21,22). The van der Waals surface area contributed by atoms with Crippen LogP contribution in [-0.4, -0.2) is 33.6 Å². The zero-order valence-corrected chi connectivity index (χ0v) is 15.1. The number of anilines is 1. The maximum Gasteiger partial charge on any atom is 0.166 e. The average Bonchev–Trinajstić information content (AvgIpc) is 3.12. The van der Waals surface area contributed by atoms with E-state index in [1.54, 1.807) is 36.1 Å². The van der Waals surface area contributed by atoms with Gasteiger partial charge in [-0.2, -0.15) is 5.10 Å². The molecule has 2 heterocycles. The Hall–Kier alpha value is -3.13. The van der Waals surface area contributed by atoms with Gasteiger partial charge >= 0.3 is 0 Å². The highest BCUT2D eigenvalue weighted by atomic mass is 19.1. The Morgan fingerprint density at radius 3 is 2.81 bits per heavy atom. The van der Waals surface area contributed by atoms with E-state index in [1.807, 2.05) is 6.07 Å². The Morgan fingerprint density at radius 1 is 1.26 bits per heavy atom. The first-order valence-corrected chi connectivity index (χ1v) is 8.42. The molecule has 0 amide bonds. The number of pyridine rings is 1. The van der Waals surface area contributed by atoms with Gasteiger partial charge in [0.1, 0.15) is 17.7 Å². The second-order valence-corrected chi connectivity index (χ2v) is 5.92. The van der Waals surface area contributed by atoms with Crippen LogP contribution in [0.3, 0.4) is 0 Å². The molecule has 0 aliphatic rings. The van der Waals surface area contributed by atoms with E-state index in [2.05, 4.69) is 10.1 Å². The molecule has 8 heteroatoms. The van der Waals surface area contributed by atoms with Crippen molar-refractivity contribution in [2.75, 3.05) is 19.5 Å². The maximum absolute atomic E-state index is 13.7. The van der Waals surface area contributed by atoms with E-state index in [0.717, 1.165) is 11.3 Å². The Kier molecular flexibility index (Phi) is 5.56. The van der Waals surface area contributed by atoms with Gasteiger partial charge in [0.15, 0.2) is 11.6 Å². The molecule has 0 saturated heterocycles. The van der Waals surface area contributed by atoms with Gasteiger partial charge in [-0.1, -0.05) is 0 Å². The van der Waals surface area contributed by atoms with Crippen LogP contribution in [0.15, 0.2) is 42.7 Å². The van der Waals surface area contributed by atoms with Gasteiger partial charge in [0.2, 0.25) is 0 Å². The molecule has 0 saturated carbocycles. The van der Waals surface area contributed by atoms with Crippen LogP contribution in [-0.2, 0) is 6.54 Å². The van der Waals surface area contributed by atoms with Crippen molar-refractivity contribution in [3.05, 3.63) is 54.1 Å². The predicted molar refractivity (Wildman–Crippen MR) is 99.0 cm³/mol. The van der Waals surface area contributed by atoms with E-state index in [-0.39, 0.29) is 18.2 Å². The highest BCUT2D eigenvalue weighted by Crippen LogP contribution is 2.33. The van der Waals surface area contributed by atoms with Crippen LogP contribution in [0.2, 0.25) is 0 Å². The number of benzene rings is 1. The lowest BCUT2D eigenvalue weighted by Gasteiger charge is -2.19. The monoisotopic (exact) mass is 372 g/mol. The molecule has 142 valence electrons. The molecule has 27 heavy (non-hydrogen) atoms. The van der Waals surface area contributed by atoms with E-state index in [1.165, 1.54) is 19.2 Å². The molecule has 0 radical (unpaired) electrons. The van der Waals surface area contributed by atoms with Crippen molar-refractivity contribution in [1.82, 2.24) is 14.8 Å². The van der Waals surface area contributed by atoms with E-state index >= 15 is 0 Å². The zero-order chi connectivity index (χ0) is 19.4. The number of methoxy groups -OCH3 is 1. The zero-order valence-electron chi connectivity index (χ0n) is 15.1. The van der Waals surface area contributed by atoms with Crippen LogP contribution in [0, 0.1) is 5.82 Å². The van der Waals surface area contributed by atoms with E-state index in [9.17, 15) is 4.39 Å². The number of nitrogens with two attached hydrogens (primary N) is 1. The molecule has 0 aliphatic carbocycles. The van der Waals surface area contributed by atoms with Gasteiger partial charge < -0.3 is 20.3 Å². The number of hydrogen-bond acceptors (Lipinski definition) is 6. The number of rotatable bonds is 7. The maximum atomic E-state index is 13.7. The number of aliphatic hydroxyl groups is 1. The molecule has 0 fully saturated rings. The van der Waals surface area contributed by atoms with Crippen LogP contribution >= 0.6 is 0 Å². The highest BCUT2D eigenvalue weighted by Gasteiger charge is 2.17. The summed E-state index contributed by atoms with van der Waals surface area (Å²) >= 11 is 0. The number of ether oxygens (including phenoxy) is 2. The largest absolute Gasteiger partial charge is 0.496 e. The fourth-order valence-electron chi connectivity index (χ4n) is 2.82. The van der Waals surface area contributed by atoms with Gasteiger partial charge in [-0.15, -0.1) is 0 Å². The van der Waals surface area contributed by atoms with Crippen LogP contribution in [0.25, 0.3) is 11.3 Å². The third-order valence-corrected chi connectivity index (χ3v) is 4.14. The molecule has 0 spiro atoms. The third kappa shape index (κ3) is 4.01. The van der Waals surface area contributed by atoms with E-state index < -0.39 is 6.10 Å². The van der Waals surface area contributed by atoms with Crippen molar-refractivity contribution < 1.29 is 19.0 Å². The van der Waals surface area contributed by atoms with Crippen LogP contribution in [0.4, 0.5) is 10.2 Å². The third-order valence-electron chi connectivity index (χ3n) is 4.14. The molecule has 3 aromatic rings. The lowest BCUT2D eigenvalue weighted by molar-refractivity contribution is 0.221. The molecular formula is C19H21FN4O3. The molecule has 1 aromatic carbocycles. The van der Waals surface area contributed by atoms with Crippen molar-refractivity contribution in [3.8, 4) is 22.8 Å².